The van der Waals surface area contributed by atoms with Crippen molar-refractivity contribution in [2.24, 2.45) is 5.92 Å². The molecule has 1 atom stereocenters. The predicted molar refractivity (Wildman–Crippen MR) is 75.8 cm³/mol. The van der Waals surface area contributed by atoms with Crippen molar-refractivity contribution in [3.8, 4) is 0 Å². The van der Waals surface area contributed by atoms with Gasteiger partial charge < -0.3 is 14.6 Å². The molecule has 18 heavy (non-hydrogen) atoms. The summed E-state index contributed by atoms with van der Waals surface area (Å²) < 4.78 is 5.54. The third kappa shape index (κ3) is 4.33. The van der Waals surface area contributed by atoms with E-state index in [-0.39, 0.29) is 5.54 Å². The maximum absolute atomic E-state index is 5.54. The highest BCUT2D eigenvalue weighted by molar-refractivity contribution is 5.27. The van der Waals surface area contributed by atoms with Crippen molar-refractivity contribution in [2.45, 2.75) is 59.7 Å². The first-order valence-corrected chi connectivity index (χ1v) is 6.63. The van der Waals surface area contributed by atoms with E-state index in [1.54, 1.807) is 6.26 Å². The summed E-state index contributed by atoms with van der Waals surface area (Å²) in [6.07, 6.45) is 1.73. The van der Waals surface area contributed by atoms with E-state index in [4.69, 9.17) is 4.42 Å². The minimum atomic E-state index is 0.0935. The molecule has 1 N–H and O–H groups in total. The summed E-state index contributed by atoms with van der Waals surface area (Å²) >= 11 is 0. The van der Waals surface area contributed by atoms with E-state index in [0.29, 0.717) is 18.0 Å². The Balaban J connectivity index is 2.63. The average Bonchev–Trinajstić information content (AvgIpc) is 2.71. The molecule has 0 aromatic carbocycles. The molecule has 0 fully saturated rings. The van der Waals surface area contributed by atoms with Gasteiger partial charge in [-0.2, -0.15) is 4.98 Å². The van der Waals surface area contributed by atoms with Gasteiger partial charge in [-0.25, -0.2) is 0 Å². The van der Waals surface area contributed by atoms with Crippen molar-refractivity contribution in [1.82, 2.24) is 10.3 Å². The fourth-order valence-corrected chi connectivity index (χ4v) is 1.52. The van der Waals surface area contributed by atoms with Crippen LogP contribution in [0.5, 0.6) is 0 Å². The number of nitrogens with zero attached hydrogens (tertiary/aromatic N) is 2. The van der Waals surface area contributed by atoms with Gasteiger partial charge in [0.15, 0.2) is 0 Å². The van der Waals surface area contributed by atoms with Gasteiger partial charge in [0.25, 0.3) is 6.01 Å². The Kier molecular flexibility index (Phi) is 4.79. The second-order valence-electron chi connectivity index (χ2n) is 6.32. The fraction of sp³-hybridized carbons (Fsp3) is 0.786. The van der Waals surface area contributed by atoms with Crippen LogP contribution in [0.15, 0.2) is 10.7 Å². The van der Waals surface area contributed by atoms with Crippen LogP contribution in [0.1, 0.15) is 47.2 Å². The molecule has 104 valence electrons. The summed E-state index contributed by atoms with van der Waals surface area (Å²) in [6, 6.07) is 1.11. The molecule has 0 amide bonds. The standard InChI is InChI=1S/C14H27N3O/c1-10(2)11(3)17(7)13-16-12(9-18-13)8-15-14(4,5)6/h9-11,15H,8H2,1-7H3. The lowest BCUT2D eigenvalue weighted by atomic mass is 10.1. The van der Waals surface area contributed by atoms with Gasteiger partial charge in [0, 0.05) is 25.2 Å². The Morgan fingerprint density at radius 1 is 1.33 bits per heavy atom. The van der Waals surface area contributed by atoms with Gasteiger partial charge in [-0.05, 0) is 33.6 Å². The third-order valence-electron chi connectivity index (χ3n) is 3.22. The van der Waals surface area contributed by atoms with Crippen molar-refractivity contribution >= 4 is 6.01 Å². The molecule has 1 heterocycles. The van der Waals surface area contributed by atoms with Crippen molar-refractivity contribution in [3.63, 3.8) is 0 Å². The van der Waals surface area contributed by atoms with Crippen LogP contribution in [-0.2, 0) is 6.54 Å². The zero-order valence-corrected chi connectivity index (χ0v) is 12.7. The monoisotopic (exact) mass is 253 g/mol. The van der Waals surface area contributed by atoms with E-state index in [9.17, 15) is 0 Å². The van der Waals surface area contributed by atoms with Crippen LogP contribution in [0.2, 0.25) is 0 Å². The van der Waals surface area contributed by atoms with E-state index >= 15 is 0 Å². The summed E-state index contributed by atoms with van der Waals surface area (Å²) in [5.41, 5.74) is 1.04. The molecule has 0 aliphatic heterocycles. The van der Waals surface area contributed by atoms with Gasteiger partial charge in [-0.3, -0.25) is 0 Å². The first-order valence-electron chi connectivity index (χ1n) is 6.63. The first-order chi connectivity index (χ1) is 8.20. The number of aromatic nitrogens is 1. The molecular formula is C14H27N3O. The molecule has 1 aromatic rings. The quantitative estimate of drug-likeness (QED) is 0.875. The number of hydrogen-bond donors (Lipinski definition) is 1. The zero-order chi connectivity index (χ0) is 13.9. The molecular weight excluding hydrogens is 226 g/mol. The normalized spacial score (nSPS) is 14.0. The Labute approximate surface area is 111 Å². The highest BCUT2D eigenvalue weighted by Crippen LogP contribution is 2.18. The lowest BCUT2D eigenvalue weighted by Crippen LogP contribution is -2.35. The van der Waals surface area contributed by atoms with E-state index in [2.05, 4.69) is 56.7 Å². The maximum Gasteiger partial charge on any atom is 0.297 e. The number of oxazole rings is 1. The van der Waals surface area contributed by atoms with Crippen LogP contribution < -0.4 is 10.2 Å². The van der Waals surface area contributed by atoms with Crippen molar-refractivity contribution in [2.75, 3.05) is 11.9 Å². The minimum Gasteiger partial charge on any atom is -0.432 e. The summed E-state index contributed by atoms with van der Waals surface area (Å²) in [6.45, 7) is 13.7. The highest BCUT2D eigenvalue weighted by Gasteiger charge is 2.18. The van der Waals surface area contributed by atoms with E-state index in [0.717, 1.165) is 12.2 Å². The Morgan fingerprint density at radius 3 is 2.44 bits per heavy atom. The van der Waals surface area contributed by atoms with Gasteiger partial charge in [-0.15, -0.1) is 0 Å². The second kappa shape index (κ2) is 5.74. The average molecular weight is 253 g/mol. The predicted octanol–water partition coefficient (Wildman–Crippen LogP) is 3.04. The molecule has 0 radical (unpaired) electrons. The van der Waals surface area contributed by atoms with E-state index in [1.807, 2.05) is 7.05 Å². The van der Waals surface area contributed by atoms with Crippen LogP contribution in [0.4, 0.5) is 6.01 Å². The lowest BCUT2D eigenvalue weighted by Gasteiger charge is -2.26. The summed E-state index contributed by atoms with van der Waals surface area (Å²) in [5, 5.41) is 3.40. The van der Waals surface area contributed by atoms with Gasteiger partial charge in [0.05, 0.1) is 5.69 Å². The zero-order valence-electron chi connectivity index (χ0n) is 12.7. The first kappa shape index (κ1) is 15.0. The van der Waals surface area contributed by atoms with Crippen molar-refractivity contribution in [1.29, 1.82) is 0 Å². The molecule has 1 aromatic heterocycles. The summed E-state index contributed by atoms with van der Waals surface area (Å²) in [5.74, 6) is 0.568. The number of rotatable bonds is 5. The second-order valence-corrected chi connectivity index (χ2v) is 6.32. The van der Waals surface area contributed by atoms with Crippen molar-refractivity contribution < 1.29 is 4.42 Å². The molecule has 0 bridgehead atoms. The van der Waals surface area contributed by atoms with Crippen LogP contribution >= 0.6 is 0 Å². The van der Waals surface area contributed by atoms with Gasteiger partial charge in [0.2, 0.25) is 0 Å². The number of hydrogen-bond acceptors (Lipinski definition) is 4. The minimum absolute atomic E-state index is 0.0935. The maximum atomic E-state index is 5.54. The number of anilines is 1. The van der Waals surface area contributed by atoms with Crippen molar-refractivity contribution in [3.05, 3.63) is 12.0 Å². The van der Waals surface area contributed by atoms with Gasteiger partial charge in [0.1, 0.15) is 6.26 Å². The van der Waals surface area contributed by atoms with Crippen LogP contribution in [-0.4, -0.2) is 23.6 Å². The van der Waals surface area contributed by atoms with E-state index < -0.39 is 0 Å². The Hall–Kier alpha value is -1.03. The molecule has 0 saturated heterocycles. The molecule has 4 nitrogen and oxygen atoms in total. The summed E-state index contributed by atoms with van der Waals surface area (Å²) in [7, 11) is 2.03. The lowest BCUT2D eigenvalue weighted by molar-refractivity contribution is 0.420. The topological polar surface area (TPSA) is 41.3 Å². The Morgan fingerprint density at radius 2 is 1.94 bits per heavy atom. The molecule has 0 saturated carbocycles. The Bertz CT molecular complexity index is 365. The van der Waals surface area contributed by atoms with Crippen LogP contribution in [0.25, 0.3) is 0 Å². The SMILES string of the molecule is CC(C)C(C)N(C)c1nc(CNC(C)(C)C)co1. The molecule has 4 heteroatoms. The molecule has 0 aliphatic carbocycles. The summed E-state index contributed by atoms with van der Waals surface area (Å²) in [4.78, 5) is 6.60. The van der Waals surface area contributed by atoms with E-state index in [1.165, 1.54) is 0 Å². The van der Waals surface area contributed by atoms with Gasteiger partial charge in [-0.1, -0.05) is 13.8 Å². The van der Waals surface area contributed by atoms with Crippen LogP contribution in [0.3, 0.4) is 0 Å². The molecule has 1 unspecified atom stereocenters. The van der Waals surface area contributed by atoms with Crippen LogP contribution in [0, 0.1) is 5.92 Å². The smallest absolute Gasteiger partial charge is 0.297 e. The molecule has 0 spiro atoms. The third-order valence-corrected chi connectivity index (χ3v) is 3.22. The number of nitrogens with one attached hydrogen (secondary N) is 1. The largest absolute Gasteiger partial charge is 0.432 e. The molecule has 1 rings (SSSR count). The molecule has 0 aliphatic rings. The van der Waals surface area contributed by atoms with Gasteiger partial charge >= 0.3 is 0 Å². The fourth-order valence-electron chi connectivity index (χ4n) is 1.52. The highest BCUT2D eigenvalue weighted by atomic mass is 16.4.